The minimum absolute atomic E-state index is 0.206. The van der Waals surface area contributed by atoms with Gasteiger partial charge in [0.05, 0.1) is 24.7 Å². The van der Waals surface area contributed by atoms with Crippen molar-refractivity contribution in [2.24, 2.45) is 0 Å². The highest BCUT2D eigenvalue weighted by atomic mass is 16.5. The van der Waals surface area contributed by atoms with Crippen LogP contribution < -0.4 is 4.74 Å². The van der Waals surface area contributed by atoms with Crippen LogP contribution >= 0.6 is 0 Å². The zero-order valence-electron chi connectivity index (χ0n) is 14.5. The van der Waals surface area contributed by atoms with Crippen LogP contribution in [0.5, 0.6) is 5.75 Å². The molecule has 0 saturated carbocycles. The molecule has 5 heteroatoms. The molecular weight excluding hydrogens is 316 g/mol. The maximum Gasteiger partial charge on any atom is 0.341 e. The molecule has 0 N–H and O–H groups in total. The largest absolute Gasteiger partial charge is 0.497 e. The van der Waals surface area contributed by atoms with Gasteiger partial charge in [-0.2, -0.15) is 5.10 Å². The van der Waals surface area contributed by atoms with E-state index in [0.29, 0.717) is 5.56 Å². The highest BCUT2D eigenvalue weighted by Gasteiger charge is 2.17. The van der Waals surface area contributed by atoms with E-state index in [9.17, 15) is 4.79 Å². The Morgan fingerprint density at radius 2 is 1.80 bits per heavy atom. The summed E-state index contributed by atoms with van der Waals surface area (Å²) < 4.78 is 12.3. The second-order valence-corrected chi connectivity index (χ2v) is 5.77. The van der Waals surface area contributed by atoms with E-state index in [0.717, 1.165) is 28.3 Å². The van der Waals surface area contributed by atoms with Crippen LogP contribution in [-0.2, 0) is 11.3 Å². The molecule has 0 aliphatic carbocycles. The number of hydrogen-bond donors (Lipinski definition) is 0. The molecule has 0 amide bonds. The third-order valence-corrected chi connectivity index (χ3v) is 4.10. The molecule has 3 aromatic rings. The minimum atomic E-state index is -0.381. The van der Waals surface area contributed by atoms with E-state index in [1.165, 1.54) is 0 Å². The quantitative estimate of drug-likeness (QED) is 0.664. The molecule has 0 unspecified atom stereocenters. The van der Waals surface area contributed by atoms with Crippen LogP contribution in [0.2, 0.25) is 0 Å². The molecule has 0 saturated heterocycles. The van der Waals surface area contributed by atoms with E-state index < -0.39 is 0 Å². The summed E-state index contributed by atoms with van der Waals surface area (Å²) in [7, 11) is 1.61. The fraction of sp³-hybridized carbons (Fsp3) is 0.200. The van der Waals surface area contributed by atoms with Crippen molar-refractivity contribution in [1.29, 1.82) is 0 Å². The molecule has 128 valence electrons. The fourth-order valence-electron chi connectivity index (χ4n) is 2.60. The number of ether oxygens (including phenoxy) is 2. The topological polar surface area (TPSA) is 53.4 Å². The van der Waals surface area contributed by atoms with E-state index in [2.05, 4.69) is 5.10 Å². The first-order valence-electron chi connectivity index (χ1n) is 8.01. The molecule has 0 spiro atoms. The first-order valence-corrected chi connectivity index (χ1v) is 8.01. The molecule has 25 heavy (non-hydrogen) atoms. The van der Waals surface area contributed by atoms with Crippen molar-refractivity contribution in [1.82, 2.24) is 9.78 Å². The van der Waals surface area contributed by atoms with Gasteiger partial charge in [-0.1, -0.05) is 30.3 Å². The monoisotopic (exact) mass is 336 g/mol. The lowest BCUT2D eigenvalue weighted by molar-refractivity contribution is 0.0472. The standard InChI is InChI=1S/C20H20N2O3/c1-14-6-4-5-7-19(14)22-15(2)18(12-21-22)20(23)25-13-16-8-10-17(24-3)11-9-16/h4-12H,13H2,1-3H3. The summed E-state index contributed by atoms with van der Waals surface area (Å²) in [5.41, 5.74) is 4.17. The first-order chi connectivity index (χ1) is 12.1. The van der Waals surface area contributed by atoms with E-state index in [1.807, 2.05) is 62.4 Å². The third kappa shape index (κ3) is 3.55. The summed E-state index contributed by atoms with van der Waals surface area (Å²) in [5.74, 6) is 0.388. The maximum absolute atomic E-state index is 12.4. The van der Waals surface area contributed by atoms with Crippen molar-refractivity contribution >= 4 is 5.97 Å². The zero-order chi connectivity index (χ0) is 17.8. The van der Waals surface area contributed by atoms with Gasteiger partial charge in [-0.05, 0) is 43.2 Å². The number of rotatable bonds is 5. The van der Waals surface area contributed by atoms with Gasteiger partial charge in [0, 0.05) is 0 Å². The van der Waals surface area contributed by atoms with Crippen LogP contribution in [0.25, 0.3) is 5.69 Å². The SMILES string of the molecule is COc1ccc(COC(=O)c2cnn(-c3ccccc3C)c2C)cc1. The van der Waals surface area contributed by atoms with Crippen molar-refractivity contribution in [2.45, 2.75) is 20.5 Å². The van der Waals surface area contributed by atoms with Gasteiger partial charge in [-0.3, -0.25) is 0 Å². The zero-order valence-corrected chi connectivity index (χ0v) is 14.5. The van der Waals surface area contributed by atoms with Gasteiger partial charge in [-0.25, -0.2) is 9.48 Å². The number of para-hydroxylation sites is 1. The molecule has 1 heterocycles. The molecule has 3 rings (SSSR count). The number of aromatic nitrogens is 2. The summed E-state index contributed by atoms with van der Waals surface area (Å²) in [5, 5.41) is 4.34. The lowest BCUT2D eigenvalue weighted by Gasteiger charge is -2.09. The Labute approximate surface area is 146 Å². The number of esters is 1. The Hall–Kier alpha value is -3.08. The van der Waals surface area contributed by atoms with E-state index in [4.69, 9.17) is 9.47 Å². The van der Waals surface area contributed by atoms with Crippen molar-refractivity contribution in [3.05, 3.63) is 77.1 Å². The Balaban J connectivity index is 1.73. The van der Waals surface area contributed by atoms with Crippen LogP contribution in [0.4, 0.5) is 0 Å². The molecule has 0 aliphatic rings. The van der Waals surface area contributed by atoms with Gasteiger partial charge < -0.3 is 9.47 Å². The second-order valence-electron chi connectivity index (χ2n) is 5.77. The number of benzene rings is 2. The number of methoxy groups -OCH3 is 1. The predicted molar refractivity (Wildman–Crippen MR) is 95.2 cm³/mol. The lowest BCUT2D eigenvalue weighted by atomic mass is 10.2. The lowest BCUT2D eigenvalue weighted by Crippen LogP contribution is -2.08. The Morgan fingerprint density at radius 3 is 2.48 bits per heavy atom. The van der Waals surface area contributed by atoms with Gasteiger partial charge in [0.2, 0.25) is 0 Å². The Kier molecular flexibility index (Phi) is 4.84. The van der Waals surface area contributed by atoms with Gasteiger partial charge in [0.1, 0.15) is 17.9 Å². The molecule has 0 fully saturated rings. The number of carbonyl (C=O) groups excluding carboxylic acids is 1. The van der Waals surface area contributed by atoms with Crippen molar-refractivity contribution in [2.75, 3.05) is 7.11 Å². The highest BCUT2D eigenvalue weighted by molar-refractivity contribution is 5.90. The van der Waals surface area contributed by atoms with Gasteiger partial charge in [0.15, 0.2) is 0 Å². The third-order valence-electron chi connectivity index (χ3n) is 4.10. The van der Waals surface area contributed by atoms with Crippen LogP contribution in [-0.4, -0.2) is 22.9 Å². The van der Waals surface area contributed by atoms with E-state index >= 15 is 0 Å². The summed E-state index contributed by atoms with van der Waals surface area (Å²) >= 11 is 0. The molecule has 0 atom stereocenters. The number of carbonyl (C=O) groups is 1. The molecule has 5 nitrogen and oxygen atoms in total. The maximum atomic E-state index is 12.4. The summed E-state index contributed by atoms with van der Waals surface area (Å²) in [6.45, 7) is 4.08. The van der Waals surface area contributed by atoms with Crippen LogP contribution in [0.3, 0.4) is 0 Å². The first kappa shape index (κ1) is 16.8. The summed E-state index contributed by atoms with van der Waals surface area (Å²) in [6.07, 6.45) is 1.55. The number of nitrogens with zero attached hydrogens (tertiary/aromatic N) is 2. The smallest absolute Gasteiger partial charge is 0.341 e. The van der Waals surface area contributed by atoms with Crippen LogP contribution in [0, 0.1) is 13.8 Å². The molecule has 0 bridgehead atoms. The Morgan fingerprint density at radius 1 is 1.08 bits per heavy atom. The van der Waals surface area contributed by atoms with E-state index in [-0.39, 0.29) is 12.6 Å². The van der Waals surface area contributed by atoms with Gasteiger partial charge in [-0.15, -0.1) is 0 Å². The molecule has 1 aromatic heterocycles. The number of aryl methyl sites for hydroxylation is 1. The van der Waals surface area contributed by atoms with Crippen LogP contribution in [0.1, 0.15) is 27.2 Å². The average Bonchev–Trinajstić information content (AvgIpc) is 3.02. The minimum Gasteiger partial charge on any atom is -0.497 e. The van der Waals surface area contributed by atoms with Crippen molar-refractivity contribution in [3.8, 4) is 11.4 Å². The second kappa shape index (κ2) is 7.21. The van der Waals surface area contributed by atoms with Crippen LogP contribution in [0.15, 0.2) is 54.7 Å². The molecule has 2 aromatic carbocycles. The fourth-order valence-corrected chi connectivity index (χ4v) is 2.60. The van der Waals surface area contributed by atoms with Crippen molar-refractivity contribution < 1.29 is 14.3 Å². The highest BCUT2D eigenvalue weighted by Crippen LogP contribution is 2.19. The predicted octanol–water partition coefficient (Wildman–Crippen LogP) is 3.85. The Bertz CT molecular complexity index is 882. The molecule has 0 radical (unpaired) electrons. The molecule has 0 aliphatic heterocycles. The molecular formula is C20H20N2O3. The summed E-state index contributed by atoms with van der Waals surface area (Å²) in [6, 6.07) is 15.3. The van der Waals surface area contributed by atoms with E-state index in [1.54, 1.807) is 18.0 Å². The normalized spacial score (nSPS) is 10.5. The number of hydrogen-bond acceptors (Lipinski definition) is 4. The summed E-state index contributed by atoms with van der Waals surface area (Å²) in [4.78, 5) is 12.4. The van der Waals surface area contributed by atoms with Crippen molar-refractivity contribution in [3.63, 3.8) is 0 Å². The average molecular weight is 336 g/mol. The van der Waals surface area contributed by atoms with Gasteiger partial charge in [0.25, 0.3) is 0 Å². The van der Waals surface area contributed by atoms with Gasteiger partial charge >= 0.3 is 5.97 Å².